The Morgan fingerprint density at radius 3 is 2.03 bits per heavy atom. The molecule has 0 aliphatic carbocycles. The summed E-state index contributed by atoms with van der Waals surface area (Å²) in [6.07, 6.45) is 0. The average Bonchev–Trinajstić information content (AvgIpc) is 3.45. The number of esters is 1. The number of amides is 2. The number of carbonyl (C=O) groups is 3. The molecule has 0 saturated carbocycles. The van der Waals surface area contributed by atoms with Gasteiger partial charge in [-0.05, 0) is 30.5 Å². The minimum absolute atomic E-state index is 0.112. The van der Waals surface area contributed by atoms with Gasteiger partial charge in [0.2, 0.25) is 5.54 Å². The third-order valence-corrected chi connectivity index (χ3v) is 5.38. The van der Waals surface area contributed by atoms with Crippen LogP contribution in [0.3, 0.4) is 0 Å². The van der Waals surface area contributed by atoms with Crippen molar-refractivity contribution in [2.24, 2.45) is 5.92 Å². The Morgan fingerprint density at radius 2 is 1.52 bits per heavy atom. The number of nitrogens with zero attached hydrogens (tertiary/aromatic N) is 1. The Balaban J connectivity index is 1.95. The van der Waals surface area contributed by atoms with E-state index in [1.807, 2.05) is 51.1 Å². The lowest BCUT2D eigenvalue weighted by molar-refractivity contribution is -0.149. The SMILES string of the molecule is COC(=O)[C@]1(C(=O)N[C@@H](C)c2ccccc2)[C@H](C(C)C)N1C(=O)c1ccccc1. The van der Waals surface area contributed by atoms with Gasteiger partial charge in [-0.25, -0.2) is 4.79 Å². The fourth-order valence-electron chi connectivity index (χ4n) is 3.94. The van der Waals surface area contributed by atoms with Crippen LogP contribution in [-0.2, 0) is 14.3 Å². The van der Waals surface area contributed by atoms with Crippen LogP contribution >= 0.6 is 0 Å². The van der Waals surface area contributed by atoms with Gasteiger partial charge >= 0.3 is 5.97 Å². The first-order chi connectivity index (χ1) is 13.9. The summed E-state index contributed by atoms with van der Waals surface area (Å²) in [6.45, 7) is 5.61. The van der Waals surface area contributed by atoms with Crippen LogP contribution in [0.1, 0.15) is 42.7 Å². The van der Waals surface area contributed by atoms with E-state index in [9.17, 15) is 14.4 Å². The maximum atomic E-state index is 13.4. The van der Waals surface area contributed by atoms with Gasteiger partial charge in [-0.3, -0.25) is 9.59 Å². The van der Waals surface area contributed by atoms with Crippen molar-refractivity contribution < 1.29 is 19.1 Å². The Bertz CT molecular complexity index is 898. The Kier molecular flexibility index (Phi) is 5.73. The molecular weight excluding hydrogens is 368 g/mol. The summed E-state index contributed by atoms with van der Waals surface area (Å²) in [7, 11) is 1.23. The zero-order valence-electron chi connectivity index (χ0n) is 17.1. The molecule has 1 saturated heterocycles. The summed E-state index contributed by atoms with van der Waals surface area (Å²) in [4.78, 5) is 40.7. The quantitative estimate of drug-likeness (QED) is 0.464. The van der Waals surface area contributed by atoms with Crippen LogP contribution in [-0.4, -0.2) is 41.4 Å². The van der Waals surface area contributed by atoms with Gasteiger partial charge in [0.15, 0.2) is 0 Å². The molecule has 0 radical (unpaired) electrons. The zero-order valence-corrected chi connectivity index (χ0v) is 17.1. The topological polar surface area (TPSA) is 75.5 Å². The van der Waals surface area contributed by atoms with Crippen LogP contribution < -0.4 is 5.32 Å². The fourth-order valence-corrected chi connectivity index (χ4v) is 3.94. The van der Waals surface area contributed by atoms with Crippen molar-refractivity contribution in [1.29, 1.82) is 0 Å². The van der Waals surface area contributed by atoms with E-state index in [1.54, 1.807) is 30.3 Å². The van der Waals surface area contributed by atoms with Crippen LogP contribution in [0, 0.1) is 5.92 Å². The Hall–Kier alpha value is -3.15. The number of methoxy groups -OCH3 is 1. The van der Waals surface area contributed by atoms with Crippen molar-refractivity contribution >= 4 is 17.8 Å². The van der Waals surface area contributed by atoms with Crippen LogP contribution in [0.4, 0.5) is 0 Å². The van der Waals surface area contributed by atoms with E-state index in [1.165, 1.54) is 12.0 Å². The molecule has 1 N–H and O–H groups in total. The summed E-state index contributed by atoms with van der Waals surface area (Å²) in [5.41, 5.74) is -0.338. The maximum Gasteiger partial charge on any atom is 0.344 e. The highest BCUT2D eigenvalue weighted by Gasteiger charge is 2.77. The van der Waals surface area contributed by atoms with Crippen molar-refractivity contribution in [3.05, 3.63) is 71.8 Å². The lowest BCUT2D eigenvalue weighted by Crippen LogP contribution is -2.49. The Morgan fingerprint density at radius 1 is 0.966 bits per heavy atom. The van der Waals surface area contributed by atoms with E-state index in [4.69, 9.17) is 4.74 Å². The summed E-state index contributed by atoms with van der Waals surface area (Å²) >= 11 is 0. The first-order valence-electron chi connectivity index (χ1n) is 9.68. The van der Waals surface area contributed by atoms with E-state index in [2.05, 4.69) is 5.32 Å². The number of ether oxygens (including phenoxy) is 1. The van der Waals surface area contributed by atoms with E-state index in [-0.39, 0.29) is 17.9 Å². The van der Waals surface area contributed by atoms with Crippen molar-refractivity contribution in [2.75, 3.05) is 7.11 Å². The molecule has 6 nitrogen and oxygen atoms in total. The first-order valence-corrected chi connectivity index (χ1v) is 9.68. The number of benzene rings is 2. The molecule has 1 aliphatic heterocycles. The second-order valence-corrected chi connectivity index (χ2v) is 7.59. The van der Waals surface area contributed by atoms with Gasteiger partial charge in [-0.2, -0.15) is 0 Å². The zero-order chi connectivity index (χ0) is 21.2. The molecule has 1 heterocycles. The number of rotatable bonds is 6. The number of nitrogens with one attached hydrogen (secondary N) is 1. The molecule has 0 aromatic heterocycles. The molecular formula is C23H26N2O4. The number of carbonyl (C=O) groups excluding carboxylic acids is 3. The number of hydrogen-bond acceptors (Lipinski definition) is 4. The smallest absolute Gasteiger partial charge is 0.344 e. The predicted octanol–water partition coefficient (Wildman–Crippen LogP) is 2.96. The van der Waals surface area contributed by atoms with Crippen molar-refractivity contribution in [3.63, 3.8) is 0 Å². The van der Waals surface area contributed by atoms with E-state index in [0.29, 0.717) is 5.56 Å². The fraction of sp³-hybridized carbons (Fsp3) is 0.348. The third kappa shape index (κ3) is 3.50. The van der Waals surface area contributed by atoms with Crippen molar-refractivity contribution in [3.8, 4) is 0 Å². The van der Waals surface area contributed by atoms with Gasteiger partial charge in [0.1, 0.15) is 0 Å². The molecule has 0 unspecified atom stereocenters. The third-order valence-electron chi connectivity index (χ3n) is 5.38. The summed E-state index contributed by atoms with van der Waals surface area (Å²) < 4.78 is 4.99. The highest BCUT2D eigenvalue weighted by atomic mass is 16.5. The Labute approximate surface area is 170 Å². The van der Waals surface area contributed by atoms with E-state index in [0.717, 1.165) is 5.56 Å². The molecule has 3 rings (SSSR count). The normalized spacial score (nSPS) is 21.4. The standard InChI is InChI=1S/C23H26N2O4/c1-15(2)19-23(22(28)29-4,25(19)20(26)18-13-9-6-10-14-18)21(27)24-16(3)17-11-7-5-8-12-17/h5-16,19H,1-4H3,(H,24,27)/t16-,19-,23+,25?/m0/s1. The molecule has 152 valence electrons. The molecule has 29 heavy (non-hydrogen) atoms. The highest BCUT2D eigenvalue weighted by molar-refractivity contribution is 6.18. The lowest BCUT2D eigenvalue weighted by atomic mass is 9.95. The largest absolute Gasteiger partial charge is 0.467 e. The molecule has 0 spiro atoms. The van der Waals surface area contributed by atoms with Gasteiger partial charge in [0, 0.05) is 5.56 Å². The monoisotopic (exact) mass is 394 g/mol. The van der Waals surface area contributed by atoms with Gasteiger partial charge in [0.25, 0.3) is 11.8 Å². The maximum absolute atomic E-state index is 13.4. The van der Waals surface area contributed by atoms with Gasteiger partial charge < -0.3 is 15.0 Å². The molecule has 1 aliphatic rings. The second kappa shape index (κ2) is 8.07. The van der Waals surface area contributed by atoms with Gasteiger partial charge in [0.05, 0.1) is 19.2 Å². The summed E-state index contributed by atoms with van der Waals surface area (Å²) in [5.74, 6) is -1.72. The van der Waals surface area contributed by atoms with Crippen LogP contribution in [0.2, 0.25) is 0 Å². The molecule has 1 fully saturated rings. The molecule has 0 bridgehead atoms. The predicted molar refractivity (Wildman–Crippen MR) is 109 cm³/mol. The van der Waals surface area contributed by atoms with E-state index < -0.39 is 23.5 Å². The van der Waals surface area contributed by atoms with Gasteiger partial charge in [-0.1, -0.05) is 62.4 Å². The van der Waals surface area contributed by atoms with Crippen molar-refractivity contribution in [2.45, 2.75) is 38.4 Å². The first kappa shape index (κ1) is 20.6. The van der Waals surface area contributed by atoms with Crippen LogP contribution in [0.15, 0.2) is 60.7 Å². The van der Waals surface area contributed by atoms with Crippen molar-refractivity contribution in [1.82, 2.24) is 10.2 Å². The molecule has 2 amide bonds. The lowest BCUT2D eigenvalue weighted by Gasteiger charge is -2.20. The number of hydrogen-bond donors (Lipinski definition) is 1. The van der Waals surface area contributed by atoms with Crippen LogP contribution in [0.25, 0.3) is 0 Å². The minimum atomic E-state index is -1.67. The summed E-state index contributed by atoms with van der Waals surface area (Å²) in [5, 5.41) is 2.90. The molecule has 2 aromatic rings. The molecule has 6 heteroatoms. The van der Waals surface area contributed by atoms with Crippen LogP contribution in [0.5, 0.6) is 0 Å². The second-order valence-electron chi connectivity index (χ2n) is 7.59. The minimum Gasteiger partial charge on any atom is -0.467 e. The average molecular weight is 394 g/mol. The molecule has 3 atom stereocenters. The van der Waals surface area contributed by atoms with Gasteiger partial charge in [-0.15, -0.1) is 0 Å². The van der Waals surface area contributed by atoms with E-state index >= 15 is 0 Å². The summed E-state index contributed by atoms with van der Waals surface area (Å²) in [6, 6.07) is 17.2. The molecule has 2 aromatic carbocycles. The highest BCUT2D eigenvalue weighted by Crippen LogP contribution is 2.48.